The molecule has 1 aliphatic heterocycles. The molecule has 0 aromatic rings. The smallest absolute Gasteiger partial charge is 0.326 e. The number of hydrogen-bond donors (Lipinski definition) is 2. The third kappa shape index (κ3) is 3.70. The number of carboxylic acids is 1. The van der Waals surface area contributed by atoms with Crippen molar-refractivity contribution in [1.82, 2.24) is 10.2 Å². The standard InChI is InChI=1S/C13H24N2O3/c1-4-14-8-10(3)12(16)15-6-5-9(2)7-11(15)13(17)18/h9-11,14H,4-8H2,1-3H3,(H,17,18). The Morgan fingerprint density at radius 2 is 2.17 bits per heavy atom. The van der Waals surface area contributed by atoms with E-state index >= 15 is 0 Å². The Kier molecular flexibility index (Phi) is 5.59. The summed E-state index contributed by atoms with van der Waals surface area (Å²) in [6.07, 6.45) is 1.46. The van der Waals surface area contributed by atoms with Gasteiger partial charge in [-0.3, -0.25) is 4.79 Å². The predicted molar refractivity (Wildman–Crippen MR) is 69.2 cm³/mol. The monoisotopic (exact) mass is 256 g/mol. The van der Waals surface area contributed by atoms with Crippen molar-refractivity contribution in [2.45, 2.75) is 39.7 Å². The lowest BCUT2D eigenvalue weighted by Gasteiger charge is -2.37. The van der Waals surface area contributed by atoms with Crippen molar-refractivity contribution in [2.24, 2.45) is 11.8 Å². The number of rotatable bonds is 5. The van der Waals surface area contributed by atoms with Gasteiger partial charge in [0, 0.05) is 19.0 Å². The van der Waals surface area contributed by atoms with Crippen LogP contribution in [0.25, 0.3) is 0 Å². The van der Waals surface area contributed by atoms with Crippen molar-refractivity contribution in [3.05, 3.63) is 0 Å². The van der Waals surface area contributed by atoms with E-state index in [-0.39, 0.29) is 11.8 Å². The van der Waals surface area contributed by atoms with E-state index in [2.05, 4.69) is 5.32 Å². The van der Waals surface area contributed by atoms with Crippen LogP contribution in [0.3, 0.4) is 0 Å². The van der Waals surface area contributed by atoms with Gasteiger partial charge in [-0.05, 0) is 25.3 Å². The second kappa shape index (κ2) is 6.73. The first-order valence-electron chi connectivity index (χ1n) is 6.71. The van der Waals surface area contributed by atoms with E-state index in [4.69, 9.17) is 0 Å². The van der Waals surface area contributed by atoms with Gasteiger partial charge in [0.2, 0.25) is 5.91 Å². The van der Waals surface area contributed by atoms with E-state index in [9.17, 15) is 14.7 Å². The number of carboxylic acid groups (broad SMARTS) is 1. The highest BCUT2D eigenvalue weighted by Gasteiger charge is 2.36. The second-order valence-corrected chi connectivity index (χ2v) is 5.22. The van der Waals surface area contributed by atoms with Crippen molar-refractivity contribution in [3.63, 3.8) is 0 Å². The van der Waals surface area contributed by atoms with Crippen LogP contribution in [-0.4, -0.2) is 47.6 Å². The molecule has 0 saturated carbocycles. The van der Waals surface area contributed by atoms with Gasteiger partial charge in [0.25, 0.3) is 0 Å². The topological polar surface area (TPSA) is 69.6 Å². The van der Waals surface area contributed by atoms with Gasteiger partial charge in [-0.15, -0.1) is 0 Å². The quantitative estimate of drug-likeness (QED) is 0.768. The summed E-state index contributed by atoms with van der Waals surface area (Å²) in [5, 5.41) is 12.3. The first kappa shape index (κ1) is 15.0. The van der Waals surface area contributed by atoms with Gasteiger partial charge in [-0.1, -0.05) is 20.8 Å². The van der Waals surface area contributed by atoms with E-state index < -0.39 is 12.0 Å². The normalized spacial score (nSPS) is 25.8. The Morgan fingerprint density at radius 3 is 2.72 bits per heavy atom. The molecule has 0 aromatic heterocycles. The molecule has 0 radical (unpaired) electrons. The number of aliphatic carboxylic acids is 1. The molecule has 0 aliphatic carbocycles. The van der Waals surface area contributed by atoms with Crippen LogP contribution in [0.1, 0.15) is 33.6 Å². The van der Waals surface area contributed by atoms with Gasteiger partial charge >= 0.3 is 5.97 Å². The number of carbonyl (C=O) groups is 2. The second-order valence-electron chi connectivity index (χ2n) is 5.22. The summed E-state index contributed by atoms with van der Waals surface area (Å²) < 4.78 is 0. The number of nitrogens with one attached hydrogen (secondary N) is 1. The zero-order chi connectivity index (χ0) is 13.7. The Bertz CT molecular complexity index is 307. The molecule has 18 heavy (non-hydrogen) atoms. The largest absolute Gasteiger partial charge is 0.480 e. The van der Waals surface area contributed by atoms with Gasteiger partial charge in [0.15, 0.2) is 0 Å². The Balaban J connectivity index is 2.66. The lowest BCUT2D eigenvalue weighted by Crippen LogP contribution is -2.52. The van der Waals surface area contributed by atoms with Crippen LogP contribution in [-0.2, 0) is 9.59 Å². The minimum Gasteiger partial charge on any atom is -0.480 e. The highest BCUT2D eigenvalue weighted by molar-refractivity contribution is 5.85. The van der Waals surface area contributed by atoms with Gasteiger partial charge in [-0.25, -0.2) is 4.79 Å². The highest BCUT2D eigenvalue weighted by atomic mass is 16.4. The number of likely N-dealkylation sites (tertiary alicyclic amines) is 1. The molecule has 1 amide bonds. The Hall–Kier alpha value is -1.10. The molecule has 3 unspecified atom stereocenters. The average Bonchev–Trinajstić information content (AvgIpc) is 2.34. The summed E-state index contributed by atoms with van der Waals surface area (Å²) in [7, 11) is 0. The van der Waals surface area contributed by atoms with Crippen LogP contribution >= 0.6 is 0 Å². The molecule has 5 heteroatoms. The molecule has 104 valence electrons. The molecule has 5 nitrogen and oxygen atoms in total. The first-order chi connectivity index (χ1) is 8.47. The molecule has 1 aliphatic rings. The summed E-state index contributed by atoms with van der Waals surface area (Å²) in [6.45, 7) is 7.86. The SMILES string of the molecule is CCNCC(C)C(=O)N1CCC(C)CC1C(=O)O. The van der Waals surface area contributed by atoms with Gasteiger partial charge in [0.1, 0.15) is 6.04 Å². The van der Waals surface area contributed by atoms with E-state index in [1.165, 1.54) is 0 Å². The fourth-order valence-electron chi connectivity index (χ4n) is 2.37. The fraction of sp³-hybridized carbons (Fsp3) is 0.846. The van der Waals surface area contributed by atoms with Gasteiger partial charge in [0.05, 0.1) is 0 Å². The maximum atomic E-state index is 12.2. The Labute approximate surface area is 109 Å². The number of carbonyl (C=O) groups excluding carboxylic acids is 1. The Morgan fingerprint density at radius 1 is 1.50 bits per heavy atom. The average molecular weight is 256 g/mol. The third-order valence-electron chi connectivity index (χ3n) is 3.55. The van der Waals surface area contributed by atoms with E-state index in [1.807, 2.05) is 20.8 Å². The van der Waals surface area contributed by atoms with Crippen molar-refractivity contribution in [2.75, 3.05) is 19.6 Å². The molecule has 0 bridgehead atoms. The maximum Gasteiger partial charge on any atom is 0.326 e. The van der Waals surface area contributed by atoms with E-state index in [0.717, 1.165) is 13.0 Å². The van der Waals surface area contributed by atoms with E-state index in [1.54, 1.807) is 4.90 Å². The fourth-order valence-corrected chi connectivity index (χ4v) is 2.37. The number of hydrogen-bond acceptors (Lipinski definition) is 3. The summed E-state index contributed by atoms with van der Waals surface area (Å²) in [5.41, 5.74) is 0. The minimum atomic E-state index is -0.884. The molecule has 3 atom stereocenters. The van der Waals surface area contributed by atoms with Crippen LogP contribution in [0.2, 0.25) is 0 Å². The zero-order valence-electron chi connectivity index (χ0n) is 11.5. The molecule has 1 heterocycles. The van der Waals surface area contributed by atoms with Crippen LogP contribution in [0, 0.1) is 11.8 Å². The van der Waals surface area contributed by atoms with Crippen LogP contribution in [0.4, 0.5) is 0 Å². The predicted octanol–water partition coefficient (Wildman–Crippen LogP) is 0.944. The van der Waals surface area contributed by atoms with Crippen LogP contribution in [0.15, 0.2) is 0 Å². The summed E-state index contributed by atoms with van der Waals surface area (Å²) in [5.74, 6) is -0.722. The van der Waals surface area contributed by atoms with Gasteiger partial charge < -0.3 is 15.3 Å². The molecule has 1 saturated heterocycles. The van der Waals surface area contributed by atoms with Crippen molar-refractivity contribution < 1.29 is 14.7 Å². The molecule has 2 N–H and O–H groups in total. The van der Waals surface area contributed by atoms with Gasteiger partial charge in [-0.2, -0.15) is 0 Å². The molecule has 0 spiro atoms. The molecular formula is C13H24N2O3. The molecule has 0 aromatic carbocycles. The first-order valence-corrected chi connectivity index (χ1v) is 6.71. The van der Waals surface area contributed by atoms with Crippen LogP contribution < -0.4 is 5.32 Å². The zero-order valence-corrected chi connectivity index (χ0v) is 11.5. The lowest BCUT2D eigenvalue weighted by atomic mass is 9.91. The van der Waals surface area contributed by atoms with Crippen molar-refractivity contribution in [3.8, 4) is 0 Å². The van der Waals surface area contributed by atoms with Crippen molar-refractivity contribution in [1.29, 1.82) is 0 Å². The summed E-state index contributed by atoms with van der Waals surface area (Å²) in [6, 6.07) is -0.648. The number of nitrogens with zero attached hydrogens (tertiary/aromatic N) is 1. The number of piperidine rings is 1. The summed E-state index contributed by atoms with van der Waals surface area (Å²) >= 11 is 0. The molecule has 1 fully saturated rings. The number of amides is 1. The maximum absolute atomic E-state index is 12.2. The van der Waals surface area contributed by atoms with Crippen LogP contribution in [0.5, 0.6) is 0 Å². The third-order valence-corrected chi connectivity index (χ3v) is 3.55. The van der Waals surface area contributed by atoms with Crippen molar-refractivity contribution >= 4 is 11.9 Å². The summed E-state index contributed by atoms with van der Waals surface area (Å²) in [4.78, 5) is 25.0. The minimum absolute atomic E-state index is 0.0461. The molecule has 1 rings (SSSR count). The van der Waals surface area contributed by atoms with E-state index in [0.29, 0.717) is 25.4 Å². The molecular weight excluding hydrogens is 232 g/mol. The highest BCUT2D eigenvalue weighted by Crippen LogP contribution is 2.24. The lowest BCUT2D eigenvalue weighted by molar-refractivity contribution is -0.154.